The molecule has 0 radical (unpaired) electrons. The van der Waals surface area contributed by atoms with Crippen LogP contribution in [0.4, 0.5) is 13.2 Å². The number of benzene rings is 1. The minimum absolute atomic E-state index is 0.446. The monoisotopic (exact) mass is 366 g/mol. The summed E-state index contributed by atoms with van der Waals surface area (Å²) in [6, 6.07) is 5.75. The van der Waals surface area contributed by atoms with Crippen LogP contribution in [0.2, 0.25) is 0 Å². The van der Waals surface area contributed by atoms with Gasteiger partial charge >= 0.3 is 6.18 Å². The Kier molecular flexibility index (Phi) is 5.51. The van der Waals surface area contributed by atoms with Crippen LogP contribution in [0.15, 0.2) is 22.7 Å². The molecule has 1 aromatic rings. The lowest BCUT2D eigenvalue weighted by molar-refractivity contribution is -0.149. The molecule has 1 fully saturated rings. The standard InChI is InChI=1S/C14H18BrF3N2O/c1-21-12-2-3-13(15)11(8-12)9-19-4-6-20(7-5-19)10-14(16,17)18/h2-3,8H,4-7,9-10H2,1H3. The summed E-state index contributed by atoms with van der Waals surface area (Å²) in [6.45, 7) is 2.06. The molecule has 0 amide bonds. The fourth-order valence-corrected chi connectivity index (χ4v) is 2.77. The number of ether oxygens (including phenoxy) is 1. The van der Waals surface area contributed by atoms with Crippen molar-refractivity contribution >= 4 is 15.9 Å². The molecule has 0 unspecified atom stereocenters. The molecule has 0 spiro atoms. The summed E-state index contributed by atoms with van der Waals surface area (Å²) in [4.78, 5) is 3.61. The first-order valence-electron chi connectivity index (χ1n) is 6.71. The quantitative estimate of drug-likeness (QED) is 0.813. The van der Waals surface area contributed by atoms with Crippen LogP contribution in [-0.2, 0) is 6.54 Å². The van der Waals surface area contributed by atoms with Crippen LogP contribution in [0.3, 0.4) is 0 Å². The van der Waals surface area contributed by atoms with Crippen molar-refractivity contribution in [2.45, 2.75) is 12.7 Å². The summed E-state index contributed by atoms with van der Waals surface area (Å²) in [6.07, 6.45) is -4.11. The highest BCUT2D eigenvalue weighted by Gasteiger charge is 2.32. The Labute approximate surface area is 130 Å². The topological polar surface area (TPSA) is 15.7 Å². The van der Waals surface area contributed by atoms with Gasteiger partial charge in [-0.1, -0.05) is 15.9 Å². The van der Waals surface area contributed by atoms with Gasteiger partial charge in [0.05, 0.1) is 13.7 Å². The van der Waals surface area contributed by atoms with Crippen molar-refractivity contribution in [2.24, 2.45) is 0 Å². The van der Waals surface area contributed by atoms with Crippen LogP contribution >= 0.6 is 15.9 Å². The van der Waals surface area contributed by atoms with Gasteiger partial charge in [-0.25, -0.2) is 0 Å². The van der Waals surface area contributed by atoms with E-state index in [2.05, 4.69) is 20.8 Å². The molecule has 118 valence electrons. The summed E-state index contributed by atoms with van der Waals surface area (Å²) >= 11 is 3.50. The van der Waals surface area contributed by atoms with Gasteiger partial charge in [-0.05, 0) is 23.8 Å². The Hall–Kier alpha value is -0.790. The summed E-state index contributed by atoms with van der Waals surface area (Å²) < 4.78 is 43.2. The van der Waals surface area contributed by atoms with Crippen LogP contribution in [0, 0.1) is 0 Å². The normalized spacial score (nSPS) is 18.0. The van der Waals surface area contributed by atoms with Gasteiger partial charge < -0.3 is 4.74 Å². The molecule has 1 heterocycles. The number of hydrogen-bond acceptors (Lipinski definition) is 3. The third-order valence-electron chi connectivity index (χ3n) is 3.51. The lowest BCUT2D eigenvalue weighted by Gasteiger charge is -2.35. The summed E-state index contributed by atoms with van der Waals surface area (Å²) in [5, 5.41) is 0. The zero-order valence-electron chi connectivity index (χ0n) is 11.8. The van der Waals surface area contributed by atoms with E-state index in [9.17, 15) is 13.2 Å². The largest absolute Gasteiger partial charge is 0.497 e. The fraction of sp³-hybridized carbons (Fsp3) is 0.571. The summed E-state index contributed by atoms with van der Waals surface area (Å²) in [7, 11) is 1.61. The molecule has 1 saturated heterocycles. The highest BCUT2D eigenvalue weighted by molar-refractivity contribution is 9.10. The molecule has 21 heavy (non-hydrogen) atoms. The van der Waals surface area contributed by atoms with Gasteiger partial charge in [0.15, 0.2) is 0 Å². The van der Waals surface area contributed by atoms with Crippen LogP contribution < -0.4 is 4.74 Å². The van der Waals surface area contributed by atoms with Gasteiger partial charge in [0.25, 0.3) is 0 Å². The highest BCUT2D eigenvalue weighted by atomic mass is 79.9. The second-order valence-corrected chi connectivity index (χ2v) is 5.98. The van der Waals surface area contributed by atoms with Gasteiger partial charge in [0, 0.05) is 37.2 Å². The Balaban J connectivity index is 1.89. The Morgan fingerprint density at radius 3 is 2.33 bits per heavy atom. The van der Waals surface area contributed by atoms with Gasteiger partial charge in [0.1, 0.15) is 5.75 Å². The van der Waals surface area contributed by atoms with E-state index < -0.39 is 12.7 Å². The predicted octanol–water partition coefficient (Wildman–Crippen LogP) is 3.14. The number of nitrogens with zero attached hydrogens (tertiary/aromatic N) is 2. The van der Waals surface area contributed by atoms with Crippen LogP contribution in [0.5, 0.6) is 5.75 Å². The van der Waals surface area contributed by atoms with E-state index in [1.807, 2.05) is 18.2 Å². The van der Waals surface area contributed by atoms with Gasteiger partial charge in [-0.3, -0.25) is 9.80 Å². The van der Waals surface area contributed by atoms with E-state index in [0.717, 1.165) is 15.8 Å². The average Bonchev–Trinajstić information content (AvgIpc) is 2.42. The predicted molar refractivity (Wildman–Crippen MR) is 78.5 cm³/mol. The average molecular weight is 367 g/mol. The second kappa shape index (κ2) is 6.98. The smallest absolute Gasteiger partial charge is 0.401 e. The van der Waals surface area contributed by atoms with Crippen molar-refractivity contribution in [2.75, 3.05) is 39.8 Å². The van der Waals surface area contributed by atoms with Crippen molar-refractivity contribution < 1.29 is 17.9 Å². The van der Waals surface area contributed by atoms with Crippen molar-refractivity contribution in [1.29, 1.82) is 0 Å². The van der Waals surface area contributed by atoms with E-state index in [1.165, 1.54) is 4.90 Å². The first-order valence-corrected chi connectivity index (χ1v) is 7.50. The Morgan fingerprint density at radius 2 is 1.76 bits per heavy atom. The van der Waals surface area contributed by atoms with E-state index in [1.54, 1.807) is 7.11 Å². The fourth-order valence-electron chi connectivity index (χ4n) is 2.40. The number of halogens is 4. The number of alkyl halides is 3. The van der Waals surface area contributed by atoms with Crippen molar-refractivity contribution in [1.82, 2.24) is 9.80 Å². The van der Waals surface area contributed by atoms with E-state index in [4.69, 9.17) is 4.74 Å². The second-order valence-electron chi connectivity index (χ2n) is 5.12. The molecule has 0 aromatic heterocycles. The molecule has 1 aliphatic rings. The van der Waals surface area contributed by atoms with Gasteiger partial charge in [-0.2, -0.15) is 13.2 Å². The molecular formula is C14H18BrF3N2O. The van der Waals surface area contributed by atoms with Crippen molar-refractivity contribution in [3.63, 3.8) is 0 Å². The summed E-state index contributed by atoms with van der Waals surface area (Å²) in [5.74, 6) is 0.781. The molecule has 2 rings (SSSR count). The van der Waals surface area contributed by atoms with E-state index in [0.29, 0.717) is 32.7 Å². The van der Waals surface area contributed by atoms with Crippen LogP contribution in [-0.4, -0.2) is 55.8 Å². The molecule has 7 heteroatoms. The number of methoxy groups -OCH3 is 1. The minimum Gasteiger partial charge on any atom is -0.497 e. The lowest BCUT2D eigenvalue weighted by Crippen LogP contribution is -2.48. The third-order valence-corrected chi connectivity index (χ3v) is 4.29. The first kappa shape index (κ1) is 16.6. The van der Waals surface area contributed by atoms with Crippen molar-refractivity contribution in [3.05, 3.63) is 28.2 Å². The maximum Gasteiger partial charge on any atom is 0.401 e. The zero-order chi connectivity index (χ0) is 15.5. The molecule has 0 aliphatic carbocycles. The molecular weight excluding hydrogens is 349 g/mol. The van der Waals surface area contributed by atoms with Gasteiger partial charge in [-0.15, -0.1) is 0 Å². The zero-order valence-corrected chi connectivity index (χ0v) is 13.4. The number of rotatable bonds is 4. The maximum absolute atomic E-state index is 12.3. The first-order chi connectivity index (χ1) is 9.87. The molecule has 0 atom stereocenters. The Morgan fingerprint density at radius 1 is 1.14 bits per heavy atom. The highest BCUT2D eigenvalue weighted by Crippen LogP contribution is 2.24. The molecule has 0 saturated carbocycles. The minimum atomic E-state index is -4.11. The molecule has 0 bridgehead atoms. The molecule has 1 aliphatic heterocycles. The summed E-state index contributed by atoms with van der Waals surface area (Å²) in [5.41, 5.74) is 1.08. The van der Waals surface area contributed by atoms with E-state index >= 15 is 0 Å². The number of hydrogen-bond donors (Lipinski definition) is 0. The van der Waals surface area contributed by atoms with Crippen LogP contribution in [0.1, 0.15) is 5.56 Å². The molecule has 0 N–H and O–H groups in total. The SMILES string of the molecule is COc1ccc(Br)c(CN2CCN(CC(F)(F)F)CC2)c1. The maximum atomic E-state index is 12.3. The molecule has 1 aromatic carbocycles. The van der Waals surface area contributed by atoms with E-state index in [-0.39, 0.29) is 0 Å². The third kappa shape index (κ3) is 5.16. The Bertz CT molecular complexity index is 474. The van der Waals surface area contributed by atoms with Crippen molar-refractivity contribution in [3.8, 4) is 5.75 Å². The molecule has 3 nitrogen and oxygen atoms in total. The lowest BCUT2D eigenvalue weighted by atomic mass is 10.2. The van der Waals surface area contributed by atoms with Gasteiger partial charge in [0.2, 0.25) is 0 Å². The number of piperazine rings is 1. The van der Waals surface area contributed by atoms with Crippen LogP contribution in [0.25, 0.3) is 0 Å².